The standard InChI is InChI=1S/C21H34N4O3S/c1-21(2,3)20(26)23-15-17-9-8-12-24(16-17)19-18(10-7-11-22-19)29(27,28)25-13-5-4-6-14-25/h7,10-11,17H,4-6,8-9,12-16H2,1-3H3,(H,23,26). The van der Waals surface area contributed by atoms with Gasteiger partial charge < -0.3 is 10.2 Å². The highest BCUT2D eigenvalue weighted by atomic mass is 32.2. The molecule has 0 radical (unpaired) electrons. The number of nitrogens with one attached hydrogen (secondary N) is 1. The molecule has 7 nitrogen and oxygen atoms in total. The molecule has 162 valence electrons. The van der Waals surface area contributed by atoms with Crippen molar-refractivity contribution in [2.75, 3.05) is 37.6 Å². The van der Waals surface area contributed by atoms with Crippen molar-refractivity contribution in [3.8, 4) is 0 Å². The third-order valence-electron chi connectivity index (χ3n) is 5.73. The van der Waals surface area contributed by atoms with Crippen molar-refractivity contribution in [3.63, 3.8) is 0 Å². The summed E-state index contributed by atoms with van der Waals surface area (Å²) in [6.07, 6.45) is 6.54. The van der Waals surface area contributed by atoms with Gasteiger partial charge in [-0.05, 0) is 43.7 Å². The Balaban J connectivity index is 1.74. The largest absolute Gasteiger partial charge is 0.355 e. The van der Waals surface area contributed by atoms with Gasteiger partial charge in [-0.15, -0.1) is 0 Å². The Labute approximate surface area is 174 Å². The van der Waals surface area contributed by atoms with Crippen molar-refractivity contribution in [3.05, 3.63) is 18.3 Å². The fourth-order valence-electron chi connectivity index (χ4n) is 3.99. The van der Waals surface area contributed by atoms with Crippen molar-refractivity contribution >= 4 is 21.7 Å². The molecule has 1 amide bonds. The van der Waals surface area contributed by atoms with Crippen LogP contribution in [0.25, 0.3) is 0 Å². The number of rotatable bonds is 5. The molecule has 3 heterocycles. The van der Waals surface area contributed by atoms with Gasteiger partial charge in [-0.25, -0.2) is 13.4 Å². The molecule has 29 heavy (non-hydrogen) atoms. The van der Waals surface area contributed by atoms with E-state index in [0.29, 0.717) is 36.9 Å². The molecule has 1 aromatic rings. The van der Waals surface area contributed by atoms with Gasteiger partial charge in [0, 0.05) is 44.3 Å². The second-order valence-corrected chi connectivity index (χ2v) is 11.1. The zero-order valence-corrected chi connectivity index (χ0v) is 18.7. The van der Waals surface area contributed by atoms with Gasteiger partial charge in [-0.1, -0.05) is 27.2 Å². The van der Waals surface area contributed by atoms with Crippen molar-refractivity contribution in [2.24, 2.45) is 11.3 Å². The van der Waals surface area contributed by atoms with Crippen molar-refractivity contribution in [1.82, 2.24) is 14.6 Å². The van der Waals surface area contributed by atoms with E-state index in [9.17, 15) is 13.2 Å². The minimum atomic E-state index is -3.55. The normalized spacial score (nSPS) is 21.8. The molecule has 1 N–H and O–H groups in total. The van der Waals surface area contributed by atoms with Gasteiger partial charge in [0.25, 0.3) is 0 Å². The zero-order chi connectivity index (χ0) is 21.1. The van der Waals surface area contributed by atoms with Crippen LogP contribution in [-0.4, -0.2) is 56.3 Å². The number of anilines is 1. The summed E-state index contributed by atoms with van der Waals surface area (Å²) in [5.74, 6) is 0.869. The summed E-state index contributed by atoms with van der Waals surface area (Å²) in [5.41, 5.74) is -0.412. The molecule has 1 aromatic heterocycles. The molecule has 0 spiro atoms. The maximum atomic E-state index is 13.3. The first kappa shape index (κ1) is 22.0. The summed E-state index contributed by atoms with van der Waals surface area (Å²) in [6, 6.07) is 3.38. The van der Waals surface area contributed by atoms with E-state index >= 15 is 0 Å². The zero-order valence-electron chi connectivity index (χ0n) is 17.9. The Hall–Kier alpha value is -1.67. The summed E-state index contributed by atoms with van der Waals surface area (Å²) in [7, 11) is -3.55. The summed E-state index contributed by atoms with van der Waals surface area (Å²) < 4.78 is 28.1. The third-order valence-corrected chi connectivity index (χ3v) is 7.65. The number of hydrogen-bond acceptors (Lipinski definition) is 5. The van der Waals surface area contributed by atoms with Crippen LogP contribution in [0.1, 0.15) is 52.9 Å². The molecule has 3 rings (SSSR count). The number of carbonyl (C=O) groups is 1. The average Bonchev–Trinajstić information content (AvgIpc) is 2.72. The highest BCUT2D eigenvalue weighted by Crippen LogP contribution is 2.30. The van der Waals surface area contributed by atoms with E-state index in [1.54, 1.807) is 22.6 Å². The summed E-state index contributed by atoms with van der Waals surface area (Å²) in [4.78, 5) is 19.0. The van der Waals surface area contributed by atoms with Crippen molar-refractivity contribution in [2.45, 2.75) is 57.8 Å². The number of aromatic nitrogens is 1. The fourth-order valence-corrected chi connectivity index (χ4v) is 5.67. The lowest BCUT2D eigenvalue weighted by Crippen LogP contribution is -2.44. The van der Waals surface area contributed by atoms with E-state index in [1.807, 2.05) is 20.8 Å². The van der Waals surface area contributed by atoms with Crippen LogP contribution in [0.4, 0.5) is 5.82 Å². The SMILES string of the molecule is CC(C)(C)C(=O)NCC1CCCN(c2ncccc2S(=O)(=O)N2CCCCC2)C1. The summed E-state index contributed by atoms with van der Waals surface area (Å²) in [5, 5.41) is 3.05. The highest BCUT2D eigenvalue weighted by molar-refractivity contribution is 7.89. The number of piperidine rings is 2. The molecule has 0 aliphatic carbocycles. The molecule has 2 saturated heterocycles. The van der Waals surface area contributed by atoms with Gasteiger partial charge in [0.05, 0.1) is 0 Å². The lowest BCUT2D eigenvalue weighted by atomic mass is 9.94. The van der Waals surface area contributed by atoms with Crippen LogP contribution >= 0.6 is 0 Å². The molecule has 0 bridgehead atoms. The second kappa shape index (κ2) is 9.00. The summed E-state index contributed by atoms with van der Waals surface area (Å²) in [6.45, 7) is 8.96. The van der Waals surface area contributed by atoms with Crippen molar-refractivity contribution < 1.29 is 13.2 Å². The van der Waals surface area contributed by atoms with Gasteiger partial charge in [0.15, 0.2) is 0 Å². The molecule has 0 aromatic carbocycles. The molecule has 1 unspecified atom stereocenters. The molecule has 8 heteroatoms. The maximum absolute atomic E-state index is 13.3. The first-order valence-corrected chi connectivity index (χ1v) is 12.1. The second-order valence-electron chi connectivity index (χ2n) is 9.20. The Bertz CT molecular complexity index is 813. The lowest BCUT2D eigenvalue weighted by Gasteiger charge is -2.35. The average molecular weight is 423 g/mol. The third kappa shape index (κ3) is 5.28. The monoisotopic (exact) mass is 422 g/mol. The first-order valence-electron chi connectivity index (χ1n) is 10.7. The molecule has 2 aliphatic rings. The molecular formula is C21H34N4O3S. The van der Waals surface area contributed by atoms with Crippen LogP contribution in [0.15, 0.2) is 23.2 Å². The van der Waals surface area contributed by atoms with E-state index in [4.69, 9.17) is 0 Å². The van der Waals surface area contributed by atoms with Crippen molar-refractivity contribution in [1.29, 1.82) is 0 Å². The topological polar surface area (TPSA) is 82.6 Å². The van der Waals surface area contributed by atoms with E-state index in [1.165, 1.54) is 0 Å². The predicted molar refractivity (Wildman–Crippen MR) is 114 cm³/mol. The number of hydrogen-bond donors (Lipinski definition) is 1. The van der Waals surface area contributed by atoms with Crippen LogP contribution in [0.5, 0.6) is 0 Å². The molecular weight excluding hydrogens is 388 g/mol. The Morgan fingerprint density at radius 3 is 2.59 bits per heavy atom. The van der Waals surface area contributed by atoms with E-state index in [-0.39, 0.29) is 11.8 Å². The van der Waals surface area contributed by atoms with E-state index in [0.717, 1.165) is 38.6 Å². The van der Waals surface area contributed by atoms with Gasteiger partial charge in [0.1, 0.15) is 10.7 Å². The predicted octanol–water partition coefficient (Wildman–Crippen LogP) is 2.63. The number of carbonyl (C=O) groups excluding carboxylic acids is 1. The van der Waals surface area contributed by atoms with E-state index in [2.05, 4.69) is 15.2 Å². The Morgan fingerprint density at radius 2 is 1.90 bits per heavy atom. The van der Waals surface area contributed by atoms with Gasteiger partial charge in [-0.3, -0.25) is 4.79 Å². The Kier molecular flexibility index (Phi) is 6.83. The molecule has 0 saturated carbocycles. The Morgan fingerprint density at radius 1 is 1.17 bits per heavy atom. The minimum Gasteiger partial charge on any atom is -0.355 e. The van der Waals surface area contributed by atoms with Crippen LogP contribution in [-0.2, 0) is 14.8 Å². The fraction of sp³-hybridized carbons (Fsp3) is 0.714. The quantitative estimate of drug-likeness (QED) is 0.789. The number of pyridine rings is 1. The number of nitrogens with zero attached hydrogens (tertiary/aromatic N) is 3. The smallest absolute Gasteiger partial charge is 0.246 e. The first-order chi connectivity index (χ1) is 13.7. The van der Waals surface area contributed by atoms with Gasteiger partial charge >= 0.3 is 0 Å². The number of amides is 1. The van der Waals surface area contributed by atoms with Crippen LogP contribution in [0.3, 0.4) is 0 Å². The van der Waals surface area contributed by atoms with Crippen LogP contribution < -0.4 is 10.2 Å². The number of sulfonamides is 1. The van der Waals surface area contributed by atoms with E-state index < -0.39 is 15.4 Å². The molecule has 1 atom stereocenters. The molecule has 2 fully saturated rings. The molecule has 2 aliphatic heterocycles. The maximum Gasteiger partial charge on any atom is 0.246 e. The summed E-state index contributed by atoms with van der Waals surface area (Å²) >= 11 is 0. The lowest BCUT2D eigenvalue weighted by molar-refractivity contribution is -0.128. The van der Waals surface area contributed by atoms with Crippen LogP contribution in [0.2, 0.25) is 0 Å². The van der Waals surface area contributed by atoms with Crippen LogP contribution in [0, 0.1) is 11.3 Å². The minimum absolute atomic E-state index is 0.0424. The highest BCUT2D eigenvalue weighted by Gasteiger charge is 2.32. The van der Waals surface area contributed by atoms with Gasteiger partial charge in [-0.2, -0.15) is 4.31 Å². The van der Waals surface area contributed by atoms with Gasteiger partial charge in [0.2, 0.25) is 15.9 Å².